The third kappa shape index (κ3) is 6.19. The van der Waals surface area contributed by atoms with Gasteiger partial charge in [-0.15, -0.1) is 0 Å². The number of nitrogens with one attached hydrogen (secondary N) is 1. The predicted molar refractivity (Wildman–Crippen MR) is 123 cm³/mol. The van der Waals surface area contributed by atoms with Crippen LogP contribution in [0.5, 0.6) is 0 Å². The van der Waals surface area contributed by atoms with Crippen LogP contribution in [0.1, 0.15) is 65.2 Å². The summed E-state index contributed by atoms with van der Waals surface area (Å²) in [6.45, 7) is 8.98. The third-order valence-corrected chi connectivity index (χ3v) is 5.25. The number of rotatable bonds is 8. The van der Waals surface area contributed by atoms with Crippen molar-refractivity contribution >= 4 is 28.5 Å². The highest BCUT2D eigenvalue weighted by Gasteiger charge is 2.27. The molecule has 1 heterocycles. The molecule has 8 heteroatoms. The van der Waals surface area contributed by atoms with E-state index in [-0.39, 0.29) is 23.2 Å². The van der Waals surface area contributed by atoms with Crippen LogP contribution in [-0.4, -0.2) is 39.1 Å². The number of nitrogens with zero attached hydrogens (tertiary/aromatic N) is 3. The lowest BCUT2D eigenvalue weighted by Crippen LogP contribution is -2.50. The van der Waals surface area contributed by atoms with Crippen LogP contribution in [0.25, 0.3) is 10.9 Å². The van der Waals surface area contributed by atoms with Crippen molar-refractivity contribution in [2.75, 3.05) is 13.1 Å². The number of hydrogen-bond donors (Lipinski definition) is 2. The minimum Gasteiger partial charge on any atom is -0.333 e. The van der Waals surface area contributed by atoms with Gasteiger partial charge < -0.3 is 16.0 Å². The van der Waals surface area contributed by atoms with Crippen molar-refractivity contribution in [3.05, 3.63) is 39.4 Å². The SMILES string of the molecule is CC(c1nc2cc(Cl)ccc2c(=O)n1C)N(CCCCCCN)C(=O)NC(C)(C)C. The van der Waals surface area contributed by atoms with Crippen LogP contribution in [0.3, 0.4) is 0 Å². The molecule has 166 valence electrons. The fourth-order valence-corrected chi connectivity index (χ4v) is 3.58. The summed E-state index contributed by atoms with van der Waals surface area (Å²) in [4.78, 5) is 32.4. The number of carbonyl (C=O) groups is 1. The lowest BCUT2D eigenvalue weighted by Gasteiger charge is -2.33. The van der Waals surface area contributed by atoms with Crippen molar-refractivity contribution in [2.45, 2.75) is 65.0 Å². The Morgan fingerprint density at radius 1 is 1.27 bits per heavy atom. The number of fused-ring (bicyclic) bond motifs is 1. The second-order valence-electron chi connectivity index (χ2n) is 8.75. The van der Waals surface area contributed by atoms with Gasteiger partial charge in [0.25, 0.3) is 5.56 Å². The highest BCUT2D eigenvalue weighted by atomic mass is 35.5. The summed E-state index contributed by atoms with van der Waals surface area (Å²) >= 11 is 6.11. The lowest BCUT2D eigenvalue weighted by molar-refractivity contribution is 0.165. The van der Waals surface area contributed by atoms with Crippen molar-refractivity contribution in [3.8, 4) is 0 Å². The minimum absolute atomic E-state index is 0.155. The molecular formula is C22H34ClN5O2. The number of urea groups is 1. The van der Waals surface area contributed by atoms with E-state index in [1.807, 2.05) is 27.7 Å². The number of amides is 2. The maximum absolute atomic E-state index is 13.1. The van der Waals surface area contributed by atoms with E-state index in [4.69, 9.17) is 22.3 Å². The molecule has 0 aliphatic carbocycles. The number of hydrogen-bond acceptors (Lipinski definition) is 4. The fourth-order valence-electron chi connectivity index (χ4n) is 3.42. The van der Waals surface area contributed by atoms with Crippen molar-refractivity contribution in [2.24, 2.45) is 12.8 Å². The molecule has 0 radical (unpaired) electrons. The lowest BCUT2D eigenvalue weighted by atomic mass is 10.1. The maximum atomic E-state index is 13.1. The summed E-state index contributed by atoms with van der Waals surface area (Å²) < 4.78 is 1.52. The Balaban J connectivity index is 2.38. The average molecular weight is 436 g/mol. The van der Waals surface area contributed by atoms with E-state index >= 15 is 0 Å². The smallest absolute Gasteiger partial charge is 0.318 e. The molecule has 0 bridgehead atoms. The van der Waals surface area contributed by atoms with Crippen LogP contribution < -0.4 is 16.6 Å². The van der Waals surface area contributed by atoms with Gasteiger partial charge >= 0.3 is 6.03 Å². The number of nitrogens with two attached hydrogens (primary N) is 1. The minimum atomic E-state index is -0.386. The molecule has 2 rings (SSSR count). The van der Waals surface area contributed by atoms with Crippen LogP contribution in [-0.2, 0) is 7.05 Å². The third-order valence-electron chi connectivity index (χ3n) is 5.01. The van der Waals surface area contributed by atoms with E-state index < -0.39 is 0 Å². The predicted octanol–water partition coefficient (Wildman–Crippen LogP) is 3.98. The van der Waals surface area contributed by atoms with Crippen LogP contribution >= 0.6 is 11.6 Å². The zero-order valence-electron chi connectivity index (χ0n) is 18.7. The molecule has 0 fully saturated rings. The Morgan fingerprint density at radius 3 is 2.57 bits per heavy atom. The molecule has 0 aliphatic heterocycles. The van der Waals surface area contributed by atoms with E-state index in [0.717, 1.165) is 25.7 Å². The van der Waals surface area contributed by atoms with Crippen molar-refractivity contribution in [3.63, 3.8) is 0 Å². The van der Waals surface area contributed by atoms with Gasteiger partial charge in [0, 0.05) is 24.2 Å². The molecule has 0 saturated heterocycles. The number of carbonyl (C=O) groups excluding carboxylic acids is 1. The Hall–Kier alpha value is -2.12. The first kappa shape index (κ1) is 24.2. The molecule has 0 spiro atoms. The van der Waals surface area contributed by atoms with Crippen LogP contribution in [0.4, 0.5) is 4.79 Å². The largest absolute Gasteiger partial charge is 0.333 e. The molecule has 3 N–H and O–H groups in total. The first-order chi connectivity index (χ1) is 14.0. The van der Waals surface area contributed by atoms with Crippen LogP contribution in [0, 0.1) is 0 Å². The summed E-state index contributed by atoms with van der Waals surface area (Å²) in [5.41, 5.74) is 5.58. The Morgan fingerprint density at radius 2 is 1.93 bits per heavy atom. The number of aromatic nitrogens is 2. The van der Waals surface area contributed by atoms with Gasteiger partial charge in [0.2, 0.25) is 0 Å². The van der Waals surface area contributed by atoms with Gasteiger partial charge in [-0.25, -0.2) is 9.78 Å². The zero-order chi connectivity index (χ0) is 22.5. The van der Waals surface area contributed by atoms with Gasteiger partial charge in [0.05, 0.1) is 16.9 Å². The Bertz CT molecular complexity index is 935. The summed E-state index contributed by atoms with van der Waals surface area (Å²) in [5, 5.41) is 4.06. The quantitative estimate of drug-likeness (QED) is 0.613. The highest BCUT2D eigenvalue weighted by Crippen LogP contribution is 2.22. The summed E-state index contributed by atoms with van der Waals surface area (Å²) in [6.07, 6.45) is 3.86. The molecule has 1 unspecified atom stereocenters. The van der Waals surface area contributed by atoms with Crippen molar-refractivity contribution < 1.29 is 4.79 Å². The van der Waals surface area contributed by atoms with E-state index in [9.17, 15) is 9.59 Å². The van der Waals surface area contributed by atoms with E-state index in [1.165, 1.54) is 4.57 Å². The first-order valence-corrected chi connectivity index (χ1v) is 10.9. The molecular weight excluding hydrogens is 402 g/mol. The average Bonchev–Trinajstić information content (AvgIpc) is 2.65. The van der Waals surface area contributed by atoms with Crippen LogP contribution in [0.2, 0.25) is 5.02 Å². The standard InChI is InChI=1S/C22H34ClN5O2/c1-15(19-25-18-14-16(23)10-11-17(18)20(29)27(19)5)28(13-9-7-6-8-12-24)21(30)26-22(2,3)4/h10-11,14-15H,6-9,12-13,24H2,1-5H3,(H,26,30). The molecule has 0 aliphatic rings. The summed E-state index contributed by atoms with van der Waals surface area (Å²) in [7, 11) is 1.69. The molecule has 1 aromatic heterocycles. The monoisotopic (exact) mass is 435 g/mol. The second kappa shape index (κ2) is 10.3. The van der Waals surface area contributed by atoms with E-state index in [2.05, 4.69) is 5.32 Å². The number of halogens is 1. The molecule has 2 aromatic rings. The Kier molecular flexibility index (Phi) is 8.26. The summed E-state index contributed by atoms with van der Waals surface area (Å²) in [6, 6.07) is 4.49. The second-order valence-corrected chi connectivity index (χ2v) is 9.18. The van der Waals surface area contributed by atoms with Gasteiger partial charge in [-0.3, -0.25) is 9.36 Å². The molecule has 30 heavy (non-hydrogen) atoms. The van der Waals surface area contributed by atoms with Gasteiger partial charge in [0.15, 0.2) is 0 Å². The normalized spacial score (nSPS) is 12.8. The maximum Gasteiger partial charge on any atom is 0.318 e. The van der Waals surface area contributed by atoms with Gasteiger partial charge in [-0.1, -0.05) is 24.4 Å². The molecule has 1 atom stereocenters. The number of benzene rings is 1. The van der Waals surface area contributed by atoms with Crippen LogP contribution in [0.15, 0.2) is 23.0 Å². The molecule has 2 amide bonds. The highest BCUT2D eigenvalue weighted by molar-refractivity contribution is 6.31. The van der Waals surface area contributed by atoms with E-state index in [0.29, 0.717) is 34.8 Å². The molecule has 7 nitrogen and oxygen atoms in total. The van der Waals surface area contributed by atoms with E-state index in [1.54, 1.807) is 30.1 Å². The first-order valence-electron chi connectivity index (χ1n) is 10.5. The summed E-state index contributed by atoms with van der Waals surface area (Å²) in [5.74, 6) is 0.529. The fraction of sp³-hybridized carbons (Fsp3) is 0.591. The number of unbranched alkanes of at least 4 members (excludes halogenated alkanes) is 3. The molecule has 1 aromatic carbocycles. The van der Waals surface area contributed by atoms with Gasteiger partial charge in [-0.05, 0) is 65.3 Å². The molecule has 0 saturated carbocycles. The van der Waals surface area contributed by atoms with Crippen molar-refractivity contribution in [1.82, 2.24) is 19.8 Å². The zero-order valence-corrected chi connectivity index (χ0v) is 19.4. The van der Waals surface area contributed by atoms with Gasteiger partial charge in [0.1, 0.15) is 5.82 Å². The Labute approximate surface area is 183 Å². The topological polar surface area (TPSA) is 93.2 Å². The van der Waals surface area contributed by atoms with Gasteiger partial charge in [-0.2, -0.15) is 0 Å². The van der Waals surface area contributed by atoms with Crippen molar-refractivity contribution in [1.29, 1.82) is 0 Å².